The van der Waals surface area contributed by atoms with Crippen molar-refractivity contribution in [2.45, 2.75) is 6.92 Å². The Balaban J connectivity index is 2.17. The van der Waals surface area contributed by atoms with Crippen molar-refractivity contribution in [3.05, 3.63) is 53.0 Å². The first kappa shape index (κ1) is 10.3. The summed E-state index contributed by atoms with van der Waals surface area (Å²) in [5, 5.41) is 3.16. The SMILES string of the molecule is Cc1nc(-c2ccccc2-c2ccco2)cs1. The predicted octanol–water partition coefficient (Wildman–Crippen LogP) is 4.38. The Labute approximate surface area is 104 Å². The Morgan fingerprint density at radius 3 is 2.53 bits per heavy atom. The van der Waals surface area contributed by atoms with Gasteiger partial charge in [-0.25, -0.2) is 4.98 Å². The summed E-state index contributed by atoms with van der Waals surface area (Å²) in [4.78, 5) is 4.53. The van der Waals surface area contributed by atoms with Crippen LogP contribution in [0.1, 0.15) is 5.01 Å². The van der Waals surface area contributed by atoms with E-state index in [1.807, 2.05) is 31.2 Å². The van der Waals surface area contributed by atoms with E-state index in [1.54, 1.807) is 17.6 Å². The fraction of sp³-hybridized carbons (Fsp3) is 0.0714. The lowest BCUT2D eigenvalue weighted by molar-refractivity contribution is 0.582. The quantitative estimate of drug-likeness (QED) is 0.665. The van der Waals surface area contributed by atoms with Crippen molar-refractivity contribution in [2.24, 2.45) is 0 Å². The van der Waals surface area contributed by atoms with Gasteiger partial charge in [-0.15, -0.1) is 11.3 Å². The lowest BCUT2D eigenvalue weighted by Crippen LogP contribution is -1.83. The van der Waals surface area contributed by atoms with Crippen LogP contribution in [-0.4, -0.2) is 4.98 Å². The summed E-state index contributed by atoms with van der Waals surface area (Å²) in [7, 11) is 0. The lowest BCUT2D eigenvalue weighted by atomic mass is 10.0. The first-order valence-corrected chi connectivity index (χ1v) is 6.28. The number of benzene rings is 1. The van der Waals surface area contributed by atoms with Crippen molar-refractivity contribution in [3.63, 3.8) is 0 Å². The van der Waals surface area contributed by atoms with Crippen LogP contribution < -0.4 is 0 Å². The van der Waals surface area contributed by atoms with Crippen molar-refractivity contribution in [2.75, 3.05) is 0 Å². The first-order chi connectivity index (χ1) is 8.34. The molecule has 0 aliphatic heterocycles. The van der Waals surface area contributed by atoms with E-state index in [9.17, 15) is 0 Å². The van der Waals surface area contributed by atoms with Gasteiger partial charge in [-0.2, -0.15) is 0 Å². The largest absolute Gasteiger partial charge is 0.464 e. The molecule has 2 aromatic heterocycles. The topological polar surface area (TPSA) is 26.0 Å². The summed E-state index contributed by atoms with van der Waals surface area (Å²) >= 11 is 1.66. The van der Waals surface area contributed by atoms with Gasteiger partial charge in [-0.1, -0.05) is 24.3 Å². The van der Waals surface area contributed by atoms with Gasteiger partial charge in [0.25, 0.3) is 0 Å². The van der Waals surface area contributed by atoms with Gasteiger partial charge >= 0.3 is 0 Å². The number of rotatable bonds is 2. The Morgan fingerprint density at radius 2 is 1.88 bits per heavy atom. The monoisotopic (exact) mass is 241 g/mol. The van der Waals surface area contributed by atoms with Gasteiger partial charge < -0.3 is 4.42 Å². The molecule has 84 valence electrons. The van der Waals surface area contributed by atoms with Crippen LogP contribution >= 0.6 is 11.3 Å². The summed E-state index contributed by atoms with van der Waals surface area (Å²) < 4.78 is 5.46. The van der Waals surface area contributed by atoms with Gasteiger partial charge in [-0.05, 0) is 19.1 Å². The summed E-state index contributed by atoms with van der Waals surface area (Å²) in [6.07, 6.45) is 1.69. The van der Waals surface area contributed by atoms with Crippen molar-refractivity contribution in [3.8, 4) is 22.6 Å². The number of furan rings is 1. The van der Waals surface area contributed by atoms with E-state index in [0.29, 0.717) is 0 Å². The molecule has 2 heterocycles. The number of hydrogen-bond acceptors (Lipinski definition) is 3. The van der Waals surface area contributed by atoms with Crippen molar-refractivity contribution < 1.29 is 4.42 Å². The van der Waals surface area contributed by atoms with Crippen molar-refractivity contribution >= 4 is 11.3 Å². The molecule has 0 aliphatic rings. The molecule has 17 heavy (non-hydrogen) atoms. The molecular formula is C14H11NOS. The van der Waals surface area contributed by atoms with E-state index in [4.69, 9.17) is 4.42 Å². The minimum atomic E-state index is 0.881. The van der Waals surface area contributed by atoms with Gasteiger partial charge in [0.1, 0.15) is 5.76 Å². The first-order valence-electron chi connectivity index (χ1n) is 5.40. The van der Waals surface area contributed by atoms with Gasteiger partial charge in [0.15, 0.2) is 0 Å². The van der Waals surface area contributed by atoms with E-state index >= 15 is 0 Å². The maximum Gasteiger partial charge on any atom is 0.134 e. The fourth-order valence-corrected chi connectivity index (χ4v) is 2.45. The Hall–Kier alpha value is -1.87. The minimum absolute atomic E-state index is 0.881. The average Bonchev–Trinajstić information content (AvgIpc) is 3.00. The van der Waals surface area contributed by atoms with E-state index in [0.717, 1.165) is 27.6 Å². The minimum Gasteiger partial charge on any atom is -0.464 e. The molecule has 3 aromatic rings. The Kier molecular flexibility index (Phi) is 2.53. The summed E-state index contributed by atoms with van der Waals surface area (Å²) in [5.74, 6) is 0.881. The third-order valence-corrected chi connectivity index (χ3v) is 3.38. The average molecular weight is 241 g/mol. The molecule has 3 rings (SSSR count). The van der Waals surface area contributed by atoms with E-state index in [-0.39, 0.29) is 0 Å². The number of aryl methyl sites for hydroxylation is 1. The van der Waals surface area contributed by atoms with Crippen LogP contribution in [0.5, 0.6) is 0 Å². The number of hydrogen-bond donors (Lipinski definition) is 0. The number of aromatic nitrogens is 1. The zero-order chi connectivity index (χ0) is 11.7. The molecule has 0 unspecified atom stereocenters. The molecule has 0 N–H and O–H groups in total. The van der Waals surface area contributed by atoms with Gasteiger partial charge in [0.2, 0.25) is 0 Å². The highest BCUT2D eigenvalue weighted by molar-refractivity contribution is 7.09. The summed E-state index contributed by atoms with van der Waals surface area (Å²) in [5.41, 5.74) is 3.22. The normalized spacial score (nSPS) is 10.6. The van der Waals surface area contributed by atoms with Crippen LogP contribution in [0.15, 0.2) is 52.5 Å². The van der Waals surface area contributed by atoms with E-state index in [1.165, 1.54) is 0 Å². The Bertz CT molecular complexity index is 625. The highest BCUT2D eigenvalue weighted by Gasteiger charge is 2.10. The molecule has 0 spiro atoms. The smallest absolute Gasteiger partial charge is 0.134 e. The zero-order valence-corrected chi connectivity index (χ0v) is 10.2. The molecule has 0 bridgehead atoms. The lowest BCUT2D eigenvalue weighted by Gasteiger charge is -2.04. The molecule has 0 aliphatic carbocycles. The standard InChI is InChI=1S/C14H11NOS/c1-10-15-13(9-17-10)11-5-2-3-6-12(11)14-7-4-8-16-14/h2-9H,1H3. The maximum absolute atomic E-state index is 5.46. The third-order valence-electron chi connectivity index (χ3n) is 2.61. The second kappa shape index (κ2) is 4.18. The molecule has 1 aromatic carbocycles. The van der Waals surface area contributed by atoms with Crippen molar-refractivity contribution in [1.82, 2.24) is 4.98 Å². The second-order valence-corrected chi connectivity index (χ2v) is 4.84. The highest BCUT2D eigenvalue weighted by Crippen LogP contribution is 2.32. The highest BCUT2D eigenvalue weighted by atomic mass is 32.1. The summed E-state index contributed by atoms with van der Waals surface area (Å²) in [6, 6.07) is 12.0. The van der Waals surface area contributed by atoms with Crippen LogP contribution in [0, 0.1) is 6.92 Å². The van der Waals surface area contributed by atoms with Gasteiger partial charge in [0, 0.05) is 16.5 Å². The number of thiazole rings is 1. The molecule has 0 amide bonds. The molecule has 0 atom stereocenters. The molecule has 2 nitrogen and oxygen atoms in total. The molecule has 3 heteroatoms. The molecular weight excluding hydrogens is 230 g/mol. The van der Waals surface area contributed by atoms with Crippen LogP contribution in [0.25, 0.3) is 22.6 Å². The predicted molar refractivity (Wildman–Crippen MR) is 70.0 cm³/mol. The molecule has 0 saturated carbocycles. The van der Waals surface area contributed by atoms with Crippen LogP contribution in [0.4, 0.5) is 0 Å². The van der Waals surface area contributed by atoms with Gasteiger partial charge in [-0.3, -0.25) is 0 Å². The second-order valence-electron chi connectivity index (χ2n) is 3.77. The Morgan fingerprint density at radius 1 is 1.06 bits per heavy atom. The molecule has 0 radical (unpaired) electrons. The molecule has 0 fully saturated rings. The van der Waals surface area contributed by atoms with Crippen LogP contribution in [0.3, 0.4) is 0 Å². The van der Waals surface area contributed by atoms with Gasteiger partial charge in [0.05, 0.1) is 17.0 Å². The third kappa shape index (κ3) is 1.89. The zero-order valence-electron chi connectivity index (χ0n) is 9.38. The fourth-order valence-electron chi connectivity index (χ4n) is 1.84. The van der Waals surface area contributed by atoms with E-state index < -0.39 is 0 Å². The van der Waals surface area contributed by atoms with E-state index in [2.05, 4.69) is 22.5 Å². The van der Waals surface area contributed by atoms with Crippen molar-refractivity contribution in [1.29, 1.82) is 0 Å². The molecule has 0 saturated heterocycles. The van der Waals surface area contributed by atoms with Crippen LogP contribution in [-0.2, 0) is 0 Å². The number of nitrogens with zero attached hydrogens (tertiary/aromatic N) is 1. The summed E-state index contributed by atoms with van der Waals surface area (Å²) in [6.45, 7) is 2.02. The van der Waals surface area contributed by atoms with Crippen LogP contribution in [0.2, 0.25) is 0 Å². The maximum atomic E-state index is 5.46.